The van der Waals surface area contributed by atoms with Gasteiger partial charge in [0.2, 0.25) is 5.43 Å². The van der Waals surface area contributed by atoms with Gasteiger partial charge in [0.1, 0.15) is 11.6 Å². The highest BCUT2D eigenvalue weighted by atomic mass is 32.1. The number of hydrogen-bond acceptors (Lipinski definition) is 4. The molecule has 2 N–H and O–H groups in total. The Bertz CT molecular complexity index is 1120. The van der Waals surface area contributed by atoms with Crippen LogP contribution in [-0.4, -0.2) is 29.0 Å². The Kier molecular flexibility index (Phi) is 5.72. The highest BCUT2D eigenvalue weighted by Gasteiger charge is 2.56. The number of nitrogens with one attached hydrogen (secondary N) is 1. The maximum absolute atomic E-state index is 14.0. The lowest BCUT2D eigenvalue weighted by atomic mass is 9.72. The molecule has 0 radical (unpaired) electrons. The van der Waals surface area contributed by atoms with Crippen molar-refractivity contribution in [3.05, 3.63) is 63.0 Å². The van der Waals surface area contributed by atoms with Gasteiger partial charge in [0, 0.05) is 23.7 Å². The molecule has 4 nitrogen and oxygen atoms in total. The number of alkyl halides is 3. The summed E-state index contributed by atoms with van der Waals surface area (Å²) in [5.41, 5.74) is -4.55. The van der Waals surface area contributed by atoms with Crippen molar-refractivity contribution in [2.75, 3.05) is 7.11 Å². The second-order valence-corrected chi connectivity index (χ2v) is 8.83. The Morgan fingerprint density at radius 1 is 1.20 bits per heavy atom. The molecular weight excluding hydrogens is 422 g/mol. The number of halogens is 4. The van der Waals surface area contributed by atoms with Gasteiger partial charge in [-0.2, -0.15) is 13.2 Å². The third kappa shape index (κ3) is 4.09. The minimum absolute atomic E-state index is 0.174. The zero-order valence-corrected chi connectivity index (χ0v) is 17.4. The van der Waals surface area contributed by atoms with E-state index in [9.17, 15) is 27.5 Å². The number of aliphatic hydroxyl groups is 1. The van der Waals surface area contributed by atoms with Gasteiger partial charge in [-0.15, -0.1) is 11.3 Å². The van der Waals surface area contributed by atoms with Crippen LogP contribution in [0, 0.1) is 5.82 Å². The first kappa shape index (κ1) is 22.3. The Morgan fingerprint density at radius 3 is 2.53 bits per heavy atom. The average Bonchev–Trinajstić information content (AvgIpc) is 3.12. The molecule has 0 bridgehead atoms. The fraction of sp³-hybridized carbons (Fsp3) is 0.381. The Labute approximate surface area is 174 Å². The van der Waals surface area contributed by atoms with Crippen LogP contribution < -0.4 is 10.2 Å². The van der Waals surface area contributed by atoms with Crippen LogP contribution in [0.4, 0.5) is 17.6 Å². The van der Waals surface area contributed by atoms with E-state index in [1.807, 2.05) is 0 Å². The summed E-state index contributed by atoms with van der Waals surface area (Å²) in [4.78, 5) is 15.4. The van der Waals surface area contributed by atoms with E-state index >= 15 is 0 Å². The molecule has 0 aliphatic heterocycles. The molecule has 1 atom stereocenters. The average molecular weight is 443 g/mol. The number of fused-ring (bicyclic) bond motifs is 1. The minimum Gasteiger partial charge on any atom is -0.496 e. The third-order valence-corrected chi connectivity index (χ3v) is 6.11. The van der Waals surface area contributed by atoms with Crippen molar-refractivity contribution in [1.82, 2.24) is 4.98 Å². The van der Waals surface area contributed by atoms with Crippen molar-refractivity contribution in [3.8, 4) is 5.75 Å². The van der Waals surface area contributed by atoms with E-state index in [-0.39, 0.29) is 16.9 Å². The predicted molar refractivity (Wildman–Crippen MR) is 108 cm³/mol. The first-order valence-corrected chi connectivity index (χ1v) is 9.97. The van der Waals surface area contributed by atoms with Crippen LogP contribution in [0.5, 0.6) is 5.75 Å². The van der Waals surface area contributed by atoms with Crippen LogP contribution in [0.3, 0.4) is 0 Å². The van der Waals surface area contributed by atoms with Gasteiger partial charge < -0.3 is 14.8 Å². The van der Waals surface area contributed by atoms with E-state index in [4.69, 9.17) is 4.74 Å². The number of hydrogen-bond donors (Lipinski definition) is 2. The van der Waals surface area contributed by atoms with Gasteiger partial charge in [-0.3, -0.25) is 4.79 Å². The number of aromatic nitrogens is 1. The van der Waals surface area contributed by atoms with E-state index in [1.54, 1.807) is 11.4 Å². The van der Waals surface area contributed by atoms with Crippen molar-refractivity contribution in [2.45, 2.75) is 43.9 Å². The van der Waals surface area contributed by atoms with Crippen LogP contribution in [-0.2, 0) is 11.8 Å². The summed E-state index contributed by atoms with van der Waals surface area (Å²) in [6.07, 6.45) is -5.56. The molecular formula is C21H21F4NO3S. The number of H-pyrrole nitrogens is 1. The Balaban J connectivity index is 2.04. The molecule has 0 saturated carbocycles. The maximum Gasteiger partial charge on any atom is 0.417 e. The molecule has 0 amide bonds. The number of ether oxygens (including phenoxy) is 1. The van der Waals surface area contributed by atoms with E-state index in [1.165, 1.54) is 33.2 Å². The highest BCUT2D eigenvalue weighted by Crippen LogP contribution is 2.45. The standard InChI is InChI=1S/C21H21F4NO3S/c1-19(2,14-8-13(22)4-5-16(14)29-3)11-20(28,21(23,24)25)9-12-10-26-15-6-7-30-18(15)17(12)27/h4-8,10,28H,9,11H2,1-3H3,(H,26,27). The lowest BCUT2D eigenvalue weighted by Gasteiger charge is -2.38. The summed E-state index contributed by atoms with van der Waals surface area (Å²) in [5, 5.41) is 12.4. The van der Waals surface area contributed by atoms with Gasteiger partial charge in [-0.05, 0) is 41.5 Å². The second-order valence-electron chi connectivity index (χ2n) is 7.92. The lowest BCUT2D eigenvalue weighted by molar-refractivity contribution is -0.266. The molecule has 3 rings (SSSR count). The van der Waals surface area contributed by atoms with E-state index in [0.29, 0.717) is 10.2 Å². The van der Waals surface area contributed by atoms with Gasteiger partial charge in [0.15, 0.2) is 5.60 Å². The van der Waals surface area contributed by atoms with Crippen molar-refractivity contribution < 1.29 is 27.4 Å². The summed E-state index contributed by atoms with van der Waals surface area (Å²) in [5.74, 6) is -0.419. The fourth-order valence-corrected chi connectivity index (χ4v) is 4.55. The summed E-state index contributed by atoms with van der Waals surface area (Å²) in [6, 6.07) is 5.22. The van der Waals surface area contributed by atoms with Gasteiger partial charge >= 0.3 is 6.18 Å². The predicted octanol–water partition coefficient (Wildman–Crippen LogP) is 4.94. The lowest BCUT2D eigenvalue weighted by Crippen LogP contribution is -2.51. The smallest absolute Gasteiger partial charge is 0.417 e. The molecule has 0 spiro atoms. The Morgan fingerprint density at radius 2 is 1.90 bits per heavy atom. The van der Waals surface area contributed by atoms with Crippen molar-refractivity contribution in [1.29, 1.82) is 0 Å². The molecule has 0 aliphatic carbocycles. The van der Waals surface area contributed by atoms with Crippen LogP contribution in [0.25, 0.3) is 10.2 Å². The van der Waals surface area contributed by atoms with Crippen LogP contribution in [0.2, 0.25) is 0 Å². The number of benzene rings is 1. The summed E-state index contributed by atoms with van der Waals surface area (Å²) >= 11 is 1.11. The molecule has 2 heterocycles. The molecule has 30 heavy (non-hydrogen) atoms. The SMILES string of the molecule is COc1ccc(F)cc1C(C)(C)CC(O)(Cc1c[nH]c2ccsc2c1=O)C(F)(F)F. The monoisotopic (exact) mass is 443 g/mol. The molecule has 1 aromatic carbocycles. The largest absolute Gasteiger partial charge is 0.496 e. The highest BCUT2D eigenvalue weighted by molar-refractivity contribution is 7.17. The molecule has 9 heteroatoms. The second kappa shape index (κ2) is 7.70. The molecule has 162 valence electrons. The molecule has 3 aromatic rings. The van der Waals surface area contributed by atoms with Gasteiger partial charge in [0.05, 0.1) is 17.3 Å². The molecule has 1 unspecified atom stereocenters. The van der Waals surface area contributed by atoms with Gasteiger partial charge in [-0.25, -0.2) is 4.39 Å². The minimum atomic E-state index is -5.03. The number of pyridine rings is 1. The quantitative estimate of drug-likeness (QED) is 0.531. The summed E-state index contributed by atoms with van der Waals surface area (Å²) in [7, 11) is 1.33. The first-order valence-electron chi connectivity index (χ1n) is 9.09. The van der Waals surface area contributed by atoms with E-state index in [0.717, 1.165) is 23.5 Å². The Hall–Kier alpha value is -2.39. The summed E-state index contributed by atoms with van der Waals surface area (Å²) < 4.78 is 61.3. The number of methoxy groups -OCH3 is 1. The van der Waals surface area contributed by atoms with Crippen molar-refractivity contribution >= 4 is 21.6 Å². The molecule has 2 aromatic heterocycles. The van der Waals surface area contributed by atoms with Crippen molar-refractivity contribution in [3.63, 3.8) is 0 Å². The normalized spacial score (nSPS) is 14.7. The van der Waals surface area contributed by atoms with Crippen molar-refractivity contribution in [2.24, 2.45) is 0 Å². The molecule has 0 fully saturated rings. The zero-order valence-electron chi connectivity index (χ0n) is 16.6. The third-order valence-electron chi connectivity index (χ3n) is 5.20. The topological polar surface area (TPSA) is 62.3 Å². The molecule has 0 saturated heterocycles. The fourth-order valence-electron chi connectivity index (χ4n) is 3.72. The number of thiophene rings is 1. The van der Waals surface area contributed by atoms with Crippen LogP contribution in [0.1, 0.15) is 31.4 Å². The number of rotatable bonds is 6. The number of aromatic amines is 1. The summed E-state index contributed by atoms with van der Waals surface area (Å²) in [6.45, 7) is 2.93. The zero-order chi connectivity index (χ0) is 22.3. The van der Waals surface area contributed by atoms with Crippen LogP contribution >= 0.6 is 11.3 Å². The maximum atomic E-state index is 14.0. The van der Waals surface area contributed by atoms with Crippen LogP contribution in [0.15, 0.2) is 40.6 Å². The first-order chi connectivity index (χ1) is 13.9. The van der Waals surface area contributed by atoms with E-state index in [2.05, 4.69) is 4.98 Å². The molecule has 0 aliphatic rings. The van der Waals surface area contributed by atoms with Gasteiger partial charge in [-0.1, -0.05) is 13.8 Å². The van der Waals surface area contributed by atoms with E-state index < -0.39 is 41.3 Å². The van der Waals surface area contributed by atoms with Gasteiger partial charge in [0.25, 0.3) is 0 Å².